The maximum Gasteiger partial charge on any atom is 0.287 e. The van der Waals surface area contributed by atoms with Crippen molar-refractivity contribution in [3.05, 3.63) is 35.6 Å². The number of aliphatic hydroxyl groups is 1. The summed E-state index contributed by atoms with van der Waals surface area (Å²) in [5.41, 5.74) is 1.48. The maximum atomic E-state index is 12.0. The molecule has 1 atom stereocenters. The molecule has 2 rings (SSSR count). The van der Waals surface area contributed by atoms with Gasteiger partial charge in [0.15, 0.2) is 5.76 Å². The number of aryl methyl sites for hydroxylation is 1. The fraction of sp³-hybridized carbons (Fsp3) is 0.357. The molecule has 5 nitrogen and oxygen atoms in total. The van der Waals surface area contributed by atoms with Gasteiger partial charge in [-0.25, -0.2) is 0 Å². The Labute approximate surface area is 111 Å². The molecule has 102 valence electrons. The molecule has 0 spiro atoms. The Kier molecular flexibility index (Phi) is 4.19. The Morgan fingerprint density at radius 2 is 2.21 bits per heavy atom. The molecule has 0 aliphatic rings. The van der Waals surface area contributed by atoms with Gasteiger partial charge in [0.2, 0.25) is 0 Å². The molecule has 0 radical (unpaired) electrons. The van der Waals surface area contributed by atoms with Crippen LogP contribution in [0.15, 0.2) is 28.7 Å². The van der Waals surface area contributed by atoms with E-state index < -0.39 is 6.10 Å². The molecule has 1 aromatic carbocycles. The lowest BCUT2D eigenvalue weighted by atomic mass is 10.1. The molecule has 1 unspecified atom stereocenters. The van der Waals surface area contributed by atoms with Gasteiger partial charge in [0.25, 0.3) is 5.91 Å². The van der Waals surface area contributed by atoms with Gasteiger partial charge in [0, 0.05) is 24.6 Å². The Bertz CT molecular complexity index is 576. The molecule has 1 amide bonds. The zero-order valence-corrected chi connectivity index (χ0v) is 11.0. The van der Waals surface area contributed by atoms with E-state index in [1.165, 1.54) is 7.11 Å². The zero-order chi connectivity index (χ0) is 13.8. The first kappa shape index (κ1) is 13.6. The third kappa shape index (κ3) is 2.94. The predicted octanol–water partition coefficient (Wildman–Crippen LogP) is 1.48. The topological polar surface area (TPSA) is 71.7 Å². The smallest absolute Gasteiger partial charge is 0.287 e. The molecule has 0 fully saturated rings. The van der Waals surface area contributed by atoms with Gasteiger partial charge in [-0.3, -0.25) is 4.79 Å². The molecule has 2 aromatic rings. The van der Waals surface area contributed by atoms with E-state index >= 15 is 0 Å². The number of nitrogens with one attached hydrogen (secondary N) is 1. The number of rotatable bonds is 5. The normalized spacial score (nSPS) is 12.6. The first-order valence-corrected chi connectivity index (χ1v) is 6.06. The first-order valence-electron chi connectivity index (χ1n) is 6.06. The lowest BCUT2D eigenvalue weighted by Gasteiger charge is -2.09. The lowest BCUT2D eigenvalue weighted by Crippen LogP contribution is -2.34. The molecule has 1 heterocycles. The van der Waals surface area contributed by atoms with Gasteiger partial charge < -0.3 is 19.6 Å². The Balaban J connectivity index is 2.11. The highest BCUT2D eigenvalue weighted by molar-refractivity contribution is 5.98. The number of hydrogen-bond acceptors (Lipinski definition) is 4. The first-order chi connectivity index (χ1) is 9.13. The van der Waals surface area contributed by atoms with Crippen molar-refractivity contribution in [3.63, 3.8) is 0 Å². The minimum Gasteiger partial charge on any atom is -0.451 e. The van der Waals surface area contributed by atoms with E-state index in [1.807, 2.05) is 31.2 Å². The molecular formula is C14H17NO4. The van der Waals surface area contributed by atoms with Crippen molar-refractivity contribution in [3.8, 4) is 0 Å². The second kappa shape index (κ2) is 5.86. The summed E-state index contributed by atoms with van der Waals surface area (Å²) in [4.78, 5) is 12.0. The Hall–Kier alpha value is -1.85. The van der Waals surface area contributed by atoms with Crippen LogP contribution >= 0.6 is 0 Å². The van der Waals surface area contributed by atoms with Gasteiger partial charge in [-0.05, 0) is 13.0 Å². The lowest BCUT2D eigenvalue weighted by molar-refractivity contribution is 0.0603. The summed E-state index contributed by atoms with van der Waals surface area (Å²) in [7, 11) is 1.49. The molecule has 0 aliphatic carbocycles. The third-order valence-electron chi connectivity index (χ3n) is 2.91. The average molecular weight is 263 g/mol. The summed E-state index contributed by atoms with van der Waals surface area (Å²) >= 11 is 0. The molecule has 5 heteroatoms. The highest BCUT2D eigenvalue weighted by Gasteiger charge is 2.17. The van der Waals surface area contributed by atoms with Crippen LogP contribution in [0.5, 0.6) is 0 Å². The molecule has 2 N–H and O–H groups in total. The molecule has 1 aromatic heterocycles. The zero-order valence-electron chi connectivity index (χ0n) is 11.0. The fourth-order valence-corrected chi connectivity index (χ4v) is 1.93. The number of ether oxygens (including phenoxy) is 1. The largest absolute Gasteiger partial charge is 0.451 e. The van der Waals surface area contributed by atoms with Crippen LogP contribution in [0.3, 0.4) is 0 Å². The van der Waals surface area contributed by atoms with Crippen molar-refractivity contribution in [2.45, 2.75) is 13.0 Å². The van der Waals surface area contributed by atoms with Crippen molar-refractivity contribution < 1.29 is 19.1 Å². The van der Waals surface area contributed by atoms with Crippen LogP contribution in [0.25, 0.3) is 11.0 Å². The highest BCUT2D eigenvalue weighted by Crippen LogP contribution is 2.24. The quantitative estimate of drug-likeness (QED) is 0.857. The van der Waals surface area contributed by atoms with Crippen LogP contribution in [-0.4, -0.2) is 37.4 Å². The summed E-state index contributed by atoms with van der Waals surface area (Å²) in [6.45, 7) is 2.15. The molecule has 0 saturated heterocycles. The predicted molar refractivity (Wildman–Crippen MR) is 71.2 cm³/mol. The van der Waals surface area contributed by atoms with Gasteiger partial charge in [0.05, 0.1) is 12.7 Å². The van der Waals surface area contributed by atoms with E-state index in [2.05, 4.69) is 5.32 Å². The number of fused-ring (bicyclic) bond motifs is 1. The highest BCUT2D eigenvalue weighted by atomic mass is 16.5. The van der Waals surface area contributed by atoms with Crippen molar-refractivity contribution in [1.82, 2.24) is 5.32 Å². The van der Waals surface area contributed by atoms with E-state index in [9.17, 15) is 9.90 Å². The van der Waals surface area contributed by atoms with Crippen LogP contribution in [0.1, 0.15) is 16.1 Å². The van der Waals surface area contributed by atoms with Crippen molar-refractivity contribution in [2.75, 3.05) is 20.3 Å². The van der Waals surface area contributed by atoms with Gasteiger partial charge in [0.1, 0.15) is 5.58 Å². The number of benzene rings is 1. The standard InChI is InChI=1S/C14H17NO4/c1-9-11-5-3-4-6-12(11)19-13(9)14(17)15-7-10(16)8-18-2/h3-6,10,16H,7-8H2,1-2H3,(H,15,17). The molecule has 0 saturated carbocycles. The summed E-state index contributed by atoms with van der Waals surface area (Å²) in [6.07, 6.45) is -0.723. The molecule has 19 heavy (non-hydrogen) atoms. The van der Waals surface area contributed by atoms with Gasteiger partial charge in [-0.2, -0.15) is 0 Å². The van der Waals surface area contributed by atoms with Gasteiger partial charge in [-0.15, -0.1) is 0 Å². The van der Waals surface area contributed by atoms with Crippen LogP contribution in [0.2, 0.25) is 0 Å². The Morgan fingerprint density at radius 1 is 1.47 bits per heavy atom. The number of hydrogen-bond donors (Lipinski definition) is 2. The van der Waals surface area contributed by atoms with E-state index in [0.717, 1.165) is 10.9 Å². The maximum absolute atomic E-state index is 12.0. The van der Waals surface area contributed by atoms with E-state index in [1.54, 1.807) is 0 Å². The summed E-state index contributed by atoms with van der Waals surface area (Å²) in [5, 5.41) is 13.0. The van der Waals surface area contributed by atoms with Crippen LogP contribution in [0.4, 0.5) is 0 Å². The minimum absolute atomic E-state index is 0.128. The summed E-state index contributed by atoms with van der Waals surface area (Å²) < 4.78 is 10.3. The van der Waals surface area contributed by atoms with Crippen LogP contribution < -0.4 is 5.32 Å². The molecule has 0 aliphatic heterocycles. The van der Waals surface area contributed by atoms with Gasteiger partial charge in [-0.1, -0.05) is 18.2 Å². The summed E-state index contributed by atoms with van der Waals surface area (Å²) in [6, 6.07) is 7.48. The fourth-order valence-electron chi connectivity index (χ4n) is 1.93. The monoisotopic (exact) mass is 263 g/mol. The van der Waals surface area contributed by atoms with Crippen molar-refractivity contribution >= 4 is 16.9 Å². The van der Waals surface area contributed by atoms with Crippen LogP contribution in [0, 0.1) is 6.92 Å². The SMILES string of the molecule is COCC(O)CNC(=O)c1oc2ccccc2c1C. The number of methoxy groups -OCH3 is 1. The van der Waals surface area contributed by atoms with Crippen molar-refractivity contribution in [1.29, 1.82) is 0 Å². The number of amides is 1. The third-order valence-corrected chi connectivity index (χ3v) is 2.91. The molecular weight excluding hydrogens is 246 g/mol. The second-order valence-corrected chi connectivity index (χ2v) is 4.37. The number of carbonyl (C=O) groups excluding carboxylic acids is 1. The number of para-hydroxylation sites is 1. The van der Waals surface area contributed by atoms with Crippen molar-refractivity contribution in [2.24, 2.45) is 0 Å². The Morgan fingerprint density at radius 3 is 2.89 bits per heavy atom. The average Bonchev–Trinajstić information content (AvgIpc) is 2.74. The van der Waals surface area contributed by atoms with Gasteiger partial charge >= 0.3 is 0 Å². The molecule has 0 bridgehead atoms. The minimum atomic E-state index is -0.723. The number of aliphatic hydroxyl groups excluding tert-OH is 1. The van der Waals surface area contributed by atoms with E-state index in [-0.39, 0.29) is 24.8 Å². The second-order valence-electron chi connectivity index (χ2n) is 4.37. The number of carbonyl (C=O) groups is 1. The summed E-state index contributed by atoms with van der Waals surface area (Å²) in [5.74, 6) is -0.0466. The van der Waals surface area contributed by atoms with E-state index in [0.29, 0.717) is 5.58 Å². The number of furan rings is 1. The van der Waals surface area contributed by atoms with Crippen LogP contribution in [-0.2, 0) is 4.74 Å². The van der Waals surface area contributed by atoms with E-state index in [4.69, 9.17) is 9.15 Å².